The molecule has 1 heterocycles. The van der Waals surface area contributed by atoms with Gasteiger partial charge in [-0.1, -0.05) is 30.3 Å². The number of carbonyl (C=O) groups excluding carboxylic acids is 5. The zero-order valence-electron chi connectivity index (χ0n) is 21.7. The number of ether oxygens (including phenoxy) is 7. The summed E-state index contributed by atoms with van der Waals surface area (Å²) < 4.78 is 37.7. The minimum absolute atomic E-state index is 0.0205. The molecule has 1 aliphatic rings. The van der Waals surface area contributed by atoms with Crippen LogP contribution >= 0.6 is 0 Å². The van der Waals surface area contributed by atoms with Crippen molar-refractivity contribution in [2.75, 3.05) is 19.8 Å². The monoisotopic (exact) mass is 539 g/mol. The van der Waals surface area contributed by atoms with Gasteiger partial charge in [0.15, 0.2) is 24.6 Å². The van der Waals surface area contributed by atoms with Crippen LogP contribution in [0.5, 0.6) is 0 Å². The van der Waals surface area contributed by atoms with Crippen molar-refractivity contribution in [2.45, 2.75) is 71.4 Å². The molecule has 13 heteroatoms. The molecular weight excluding hydrogens is 506 g/mol. The zero-order chi connectivity index (χ0) is 28.1. The molecule has 1 aromatic rings. The minimum atomic E-state index is -1.31. The fourth-order valence-corrected chi connectivity index (χ4v) is 3.56. The number of benzene rings is 1. The van der Waals surface area contributed by atoms with Crippen LogP contribution in [0, 0.1) is 0 Å². The first-order valence-corrected chi connectivity index (χ1v) is 11.9. The third-order valence-electron chi connectivity index (χ3n) is 5.03. The lowest BCUT2D eigenvalue weighted by Crippen LogP contribution is -2.63. The molecule has 5 atom stereocenters. The van der Waals surface area contributed by atoms with Crippen molar-refractivity contribution >= 4 is 30.0 Å². The van der Waals surface area contributed by atoms with Crippen LogP contribution in [-0.2, 0) is 58.9 Å². The first-order chi connectivity index (χ1) is 18.1. The fourth-order valence-electron chi connectivity index (χ4n) is 3.56. The Hall–Kier alpha value is -3.71. The van der Waals surface area contributed by atoms with Gasteiger partial charge in [0.05, 0.1) is 6.61 Å². The highest BCUT2D eigenvalue weighted by Crippen LogP contribution is 2.30. The third kappa shape index (κ3) is 10.7. The zero-order valence-corrected chi connectivity index (χ0v) is 21.7. The average molecular weight is 540 g/mol. The molecule has 38 heavy (non-hydrogen) atoms. The molecule has 1 aliphatic heterocycles. The summed E-state index contributed by atoms with van der Waals surface area (Å²) in [5.41, 5.74) is 0.842. The van der Waals surface area contributed by atoms with Crippen LogP contribution in [0.15, 0.2) is 30.3 Å². The SMILES string of the molecule is CC(=O)OC[C@H]1O[C@H](OCCCNC(=O)OCc2ccccc2)[C@@H](OC(C)=O)[C@@H](OC(C)=O)[C@@H]1OC(C)=O. The summed E-state index contributed by atoms with van der Waals surface area (Å²) in [5, 5.41) is 2.59. The highest BCUT2D eigenvalue weighted by molar-refractivity contribution is 5.69. The van der Waals surface area contributed by atoms with Crippen LogP contribution < -0.4 is 5.32 Å². The largest absolute Gasteiger partial charge is 0.463 e. The number of amides is 1. The van der Waals surface area contributed by atoms with Gasteiger partial charge in [-0.05, 0) is 12.0 Å². The van der Waals surface area contributed by atoms with E-state index in [1.54, 1.807) is 0 Å². The minimum Gasteiger partial charge on any atom is -0.463 e. The van der Waals surface area contributed by atoms with E-state index in [9.17, 15) is 24.0 Å². The van der Waals surface area contributed by atoms with Gasteiger partial charge >= 0.3 is 30.0 Å². The van der Waals surface area contributed by atoms with Gasteiger partial charge in [0, 0.05) is 34.2 Å². The molecular formula is C25H33NO12. The predicted molar refractivity (Wildman–Crippen MR) is 127 cm³/mol. The van der Waals surface area contributed by atoms with Crippen molar-refractivity contribution < 1.29 is 57.1 Å². The lowest BCUT2D eigenvalue weighted by molar-refractivity contribution is -0.308. The number of hydrogen-bond donors (Lipinski definition) is 1. The predicted octanol–water partition coefficient (Wildman–Crippen LogP) is 1.40. The van der Waals surface area contributed by atoms with Crippen molar-refractivity contribution in [1.29, 1.82) is 0 Å². The molecule has 0 saturated carbocycles. The Morgan fingerprint density at radius 2 is 1.39 bits per heavy atom. The number of esters is 4. The summed E-state index contributed by atoms with van der Waals surface area (Å²) >= 11 is 0. The number of nitrogens with one attached hydrogen (secondary N) is 1. The summed E-state index contributed by atoms with van der Waals surface area (Å²) in [7, 11) is 0. The topological polar surface area (TPSA) is 162 Å². The maximum Gasteiger partial charge on any atom is 0.407 e. The molecule has 2 rings (SSSR count). The molecule has 0 aliphatic carbocycles. The van der Waals surface area contributed by atoms with Gasteiger partial charge in [0.2, 0.25) is 0 Å². The van der Waals surface area contributed by atoms with E-state index >= 15 is 0 Å². The summed E-state index contributed by atoms with van der Waals surface area (Å²) in [6.45, 7) is 4.56. The molecule has 0 radical (unpaired) electrons. The van der Waals surface area contributed by atoms with Crippen molar-refractivity contribution in [3.05, 3.63) is 35.9 Å². The maximum absolute atomic E-state index is 11.9. The highest BCUT2D eigenvalue weighted by Gasteiger charge is 2.52. The number of alkyl carbamates (subject to hydrolysis) is 1. The van der Waals surface area contributed by atoms with Crippen molar-refractivity contribution in [3.63, 3.8) is 0 Å². The number of hydrogen-bond acceptors (Lipinski definition) is 12. The molecule has 1 amide bonds. The third-order valence-corrected chi connectivity index (χ3v) is 5.03. The number of rotatable bonds is 12. The van der Waals surface area contributed by atoms with E-state index in [0.717, 1.165) is 26.3 Å². The lowest BCUT2D eigenvalue weighted by Gasteiger charge is -2.44. The van der Waals surface area contributed by atoms with E-state index in [-0.39, 0.29) is 26.4 Å². The van der Waals surface area contributed by atoms with Crippen LogP contribution in [0.3, 0.4) is 0 Å². The smallest absolute Gasteiger partial charge is 0.407 e. The maximum atomic E-state index is 11.9. The van der Waals surface area contributed by atoms with E-state index in [4.69, 9.17) is 33.2 Å². The van der Waals surface area contributed by atoms with E-state index < -0.39 is 60.7 Å². The molecule has 0 bridgehead atoms. The molecule has 13 nitrogen and oxygen atoms in total. The molecule has 0 aromatic heterocycles. The van der Waals surface area contributed by atoms with Gasteiger partial charge in [-0.25, -0.2) is 4.79 Å². The van der Waals surface area contributed by atoms with Crippen LogP contribution in [0.1, 0.15) is 39.7 Å². The van der Waals surface area contributed by atoms with Crippen molar-refractivity contribution in [2.24, 2.45) is 0 Å². The molecule has 1 saturated heterocycles. The molecule has 210 valence electrons. The Morgan fingerprint density at radius 1 is 0.789 bits per heavy atom. The Kier molecular flexibility index (Phi) is 12.5. The van der Waals surface area contributed by atoms with Gasteiger partial charge < -0.3 is 38.5 Å². The van der Waals surface area contributed by atoms with Crippen LogP contribution in [0.4, 0.5) is 4.79 Å². The Labute approximate surface area is 220 Å². The van der Waals surface area contributed by atoms with Gasteiger partial charge in [0.25, 0.3) is 0 Å². The molecule has 0 spiro atoms. The first-order valence-electron chi connectivity index (χ1n) is 11.9. The van der Waals surface area contributed by atoms with E-state index in [0.29, 0.717) is 6.42 Å². The van der Waals surface area contributed by atoms with E-state index in [1.165, 1.54) is 6.92 Å². The Balaban J connectivity index is 2.01. The van der Waals surface area contributed by atoms with Crippen LogP contribution in [0.25, 0.3) is 0 Å². The van der Waals surface area contributed by atoms with Crippen molar-refractivity contribution in [1.82, 2.24) is 5.32 Å². The lowest BCUT2D eigenvalue weighted by atomic mass is 9.98. The van der Waals surface area contributed by atoms with Crippen LogP contribution in [-0.4, -0.2) is 80.4 Å². The Morgan fingerprint density at radius 3 is 2.00 bits per heavy atom. The first kappa shape index (κ1) is 30.5. The van der Waals surface area contributed by atoms with Gasteiger partial charge in [-0.2, -0.15) is 0 Å². The molecule has 0 unspecified atom stereocenters. The average Bonchev–Trinajstić information content (AvgIpc) is 2.84. The highest BCUT2D eigenvalue weighted by atomic mass is 16.7. The van der Waals surface area contributed by atoms with E-state index in [1.807, 2.05) is 30.3 Å². The quantitative estimate of drug-likeness (QED) is 0.231. The Bertz CT molecular complexity index is 953. The second kappa shape index (κ2) is 15.5. The van der Waals surface area contributed by atoms with E-state index in [2.05, 4.69) is 5.32 Å². The molecule has 1 aromatic carbocycles. The fraction of sp³-hybridized carbons (Fsp3) is 0.560. The summed E-state index contributed by atoms with van der Waals surface area (Å²) in [6, 6.07) is 9.18. The molecule has 1 N–H and O–H groups in total. The normalized spacial score (nSPS) is 22.5. The second-order valence-electron chi connectivity index (χ2n) is 8.28. The number of carbonyl (C=O) groups is 5. The van der Waals surface area contributed by atoms with Crippen LogP contribution in [0.2, 0.25) is 0 Å². The summed E-state index contributed by atoms with van der Waals surface area (Å²) in [5.74, 6) is -2.82. The van der Waals surface area contributed by atoms with Gasteiger partial charge in [-0.15, -0.1) is 0 Å². The van der Waals surface area contributed by atoms with Gasteiger partial charge in [-0.3, -0.25) is 19.2 Å². The second-order valence-corrected chi connectivity index (χ2v) is 8.28. The molecule has 1 fully saturated rings. The van der Waals surface area contributed by atoms with Crippen molar-refractivity contribution in [3.8, 4) is 0 Å². The summed E-state index contributed by atoms with van der Waals surface area (Å²) in [4.78, 5) is 58.7. The summed E-state index contributed by atoms with van der Waals surface area (Å²) in [6.07, 6.45) is -6.56. The van der Waals surface area contributed by atoms with Gasteiger partial charge in [0.1, 0.15) is 19.3 Å². The standard InChI is InChI=1S/C25H33NO12/c1-15(27)33-14-20-21(35-16(2)28)22(36-17(3)29)23(37-18(4)30)24(38-20)32-12-8-11-26-25(31)34-13-19-9-6-5-7-10-19/h5-7,9-10,20-24H,8,11-14H2,1-4H3,(H,26,31)/t20-,21-,22+,23+,24+/m1/s1.